The van der Waals surface area contributed by atoms with Gasteiger partial charge in [0.05, 0.1) is 7.11 Å². The van der Waals surface area contributed by atoms with Crippen LogP contribution in [-0.4, -0.2) is 32.1 Å². The number of carbonyl (C=O) groups is 1. The van der Waals surface area contributed by atoms with E-state index in [0.717, 1.165) is 36.5 Å². The molecule has 1 fully saturated rings. The van der Waals surface area contributed by atoms with Crippen molar-refractivity contribution < 1.29 is 13.9 Å². The van der Waals surface area contributed by atoms with E-state index in [2.05, 4.69) is 22.1 Å². The topological polar surface area (TPSA) is 80.7 Å². The number of anilines is 2. The lowest BCUT2D eigenvalue weighted by Crippen LogP contribution is -2.26. The van der Waals surface area contributed by atoms with Crippen molar-refractivity contribution in [2.24, 2.45) is 5.73 Å². The number of nitrogens with one attached hydrogen (secondary N) is 1. The Morgan fingerprint density at radius 1 is 1.17 bits per heavy atom. The molecule has 2 aromatic carbocycles. The second kappa shape index (κ2) is 8.76. The molecule has 30 heavy (non-hydrogen) atoms. The number of nitrogens with zero attached hydrogens (tertiary/aromatic N) is 1. The summed E-state index contributed by atoms with van der Waals surface area (Å²) in [4.78, 5) is 14.7. The van der Waals surface area contributed by atoms with Crippen LogP contribution in [0.3, 0.4) is 0 Å². The van der Waals surface area contributed by atoms with Gasteiger partial charge < -0.3 is 25.1 Å². The van der Waals surface area contributed by atoms with Crippen molar-refractivity contribution in [2.45, 2.75) is 12.5 Å². The van der Waals surface area contributed by atoms with Gasteiger partial charge in [-0.2, -0.15) is 0 Å². The average molecular weight is 401 g/mol. The van der Waals surface area contributed by atoms with Crippen molar-refractivity contribution in [2.75, 3.05) is 30.4 Å². The molecule has 1 aliphatic heterocycles. The van der Waals surface area contributed by atoms with E-state index >= 15 is 0 Å². The normalized spacial score (nSPS) is 15.4. The first-order valence-corrected chi connectivity index (χ1v) is 9.78. The fourth-order valence-corrected chi connectivity index (χ4v) is 3.33. The molecule has 6 nitrogen and oxygen atoms in total. The molecule has 0 radical (unpaired) electrons. The van der Waals surface area contributed by atoms with Crippen molar-refractivity contribution in [3.8, 4) is 17.6 Å². The van der Waals surface area contributed by atoms with Gasteiger partial charge in [-0.3, -0.25) is 4.79 Å². The molecule has 1 amide bonds. The van der Waals surface area contributed by atoms with E-state index in [1.165, 1.54) is 0 Å². The molecule has 1 unspecified atom stereocenters. The van der Waals surface area contributed by atoms with Crippen LogP contribution in [0.25, 0.3) is 0 Å². The molecule has 3 N–H and O–H groups in total. The summed E-state index contributed by atoms with van der Waals surface area (Å²) in [6.45, 7) is 1.82. The smallest absolute Gasteiger partial charge is 0.291 e. The fraction of sp³-hybridized carbons (Fsp3) is 0.208. The highest BCUT2D eigenvalue weighted by molar-refractivity contribution is 6.02. The van der Waals surface area contributed by atoms with Crippen LogP contribution in [0.2, 0.25) is 0 Å². The average Bonchev–Trinajstić information content (AvgIpc) is 3.42. The molecule has 0 aliphatic carbocycles. The summed E-state index contributed by atoms with van der Waals surface area (Å²) in [5.41, 5.74) is 8.58. The molecule has 1 saturated heterocycles. The Morgan fingerprint density at radius 3 is 2.73 bits per heavy atom. The van der Waals surface area contributed by atoms with Crippen LogP contribution in [-0.2, 0) is 0 Å². The number of hydrogen-bond acceptors (Lipinski definition) is 5. The highest BCUT2D eigenvalue weighted by Crippen LogP contribution is 2.22. The Bertz CT molecular complexity index is 1090. The number of hydrogen-bond donors (Lipinski definition) is 2. The Morgan fingerprint density at radius 2 is 2.00 bits per heavy atom. The zero-order chi connectivity index (χ0) is 20.9. The first-order chi connectivity index (χ1) is 14.6. The van der Waals surface area contributed by atoms with Gasteiger partial charge in [0.15, 0.2) is 11.5 Å². The van der Waals surface area contributed by atoms with Gasteiger partial charge in [0.2, 0.25) is 0 Å². The van der Waals surface area contributed by atoms with Gasteiger partial charge >= 0.3 is 0 Å². The summed E-state index contributed by atoms with van der Waals surface area (Å²) in [6, 6.07) is 18.7. The zero-order valence-corrected chi connectivity index (χ0v) is 16.7. The summed E-state index contributed by atoms with van der Waals surface area (Å²) in [7, 11) is 1.61. The predicted octanol–water partition coefficient (Wildman–Crippen LogP) is 3.48. The second-order valence-electron chi connectivity index (χ2n) is 7.14. The van der Waals surface area contributed by atoms with Gasteiger partial charge in [-0.25, -0.2) is 0 Å². The molecule has 1 aromatic heterocycles. The summed E-state index contributed by atoms with van der Waals surface area (Å²) >= 11 is 0. The minimum atomic E-state index is -0.319. The third kappa shape index (κ3) is 4.65. The minimum absolute atomic E-state index is 0.208. The predicted molar refractivity (Wildman–Crippen MR) is 117 cm³/mol. The molecular formula is C24H23N3O3. The first kappa shape index (κ1) is 19.6. The van der Waals surface area contributed by atoms with E-state index in [1.807, 2.05) is 48.5 Å². The van der Waals surface area contributed by atoms with Gasteiger partial charge in [0, 0.05) is 36.1 Å². The number of nitrogens with two attached hydrogens (primary N) is 1. The molecule has 6 heteroatoms. The molecule has 2 heterocycles. The SMILES string of the molecule is COc1cccc(C#Cc2ccc(C(=O)Nc3ccc(N4CCC(N)C4)cc3)o2)c1. The number of ether oxygens (including phenoxy) is 1. The number of amides is 1. The lowest BCUT2D eigenvalue weighted by atomic mass is 10.2. The van der Waals surface area contributed by atoms with E-state index in [0.29, 0.717) is 11.4 Å². The lowest BCUT2D eigenvalue weighted by molar-refractivity contribution is 0.0996. The number of furan rings is 1. The van der Waals surface area contributed by atoms with Crippen LogP contribution in [0.5, 0.6) is 5.75 Å². The fourth-order valence-electron chi connectivity index (χ4n) is 3.33. The van der Waals surface area contributed by atoms with Crippen LogP contribution >= 0.6 is 0 Å². The maximum Gasteiger partial charge on any atom is 0.291 e. The molecule has 0 spiro atoms. The van der Waals surface area contributed by atoms with Crippen molar-refractivity contribution >= 4 is 17.3 Å². The first-order valence-electron chi connectivity index (χ1n) is 9.78. The minimum Gasteiger partial charge on any atom is -0.497 e. The molecule has 4 rings (SSSR count). The number of carbonyl (C=O) groups excluding carboxylic acids is 1. The molecule has 0 bridgehead atoms. The molecule has 152 valence electrons. The van der Waals surface area contributed by atoms with Crippen molar-refractivity contribution in [3.05, 3.63) is 77.7 Å². The number of benzene rings is 2. The van der Waals surface area contributed by atoms with Crippen LogP contribution < -0.4 is 20.7 Å². The van der Waals surface area contributed by atoms with Crippen molar-refractivity contribution in [1.29, 1.82) is 0 Å². The highest BCUT2D eigenvalue weighted by Gasteiger charge is 2.19. The number of rotatable bonds is 4. The molecule has 1 aliphatic rings. The quantitative estimate of drug-likeness (QED) is 0.655. The molecule has 0 saturated carbocycles. The van der Waals surface area contributed by atoms with Gasteiger partial charge in [0.25, 0.3) is 5.91 Å². The third-order valence-corrected chi connectivity index (χ3v) is 4.94. The summed E-state index contributed by atoms with van der Waals surface area (Å²) in [5, 5.41) is 2.85. The Hall–Kier alpha value is -3.69. The molecule has 3 aromatic rings. The van der Waals surface area contributed by atoms with E-state index < -0.39 is 0 Å². The van der Waals surface area contributed by atoms with E-state index in [4.69, 9.17) is 14.9 Å². The lowest BCUT2D eigenvalue weighted by Gasteiger charge is -2.18. The van der Waals surface area contributed by atoms with Crippen LogP contribution in [0.15, 0.2) is 65.1 Å². The highest BCUT2D eigenvalue weighted by atomic mass is 16.5. The standard InChI is InChI=1S/C24H23N3O3/c1-29-22-4-2-3-17(15-22)5-10-21-11-12-23(30-21)24(28)26-19-6-8-20(9-7-19)27-14-13-18(25)16-27/h2-4,6-9,11-12,15,18H,13-14,16,25H2,1H3,(H,26,28). The van der Waals surface area contributed by atoms with Crippen molar-refractivity contribution in [3.63, 3.8) is 0 Å². The maximum absolute atomic E-state index is 12.5. The van der Waals surface area contributed by atoms with E-state index in [-0.39, 0.29) is 17.7 Å². The Kier molecular flexibility index (Phi) is 5.73. The molecular weight excluding hydrogens is 378 g/mol. The third-order valence-electron chi connectivity index (χ3n) is 4.94. The van der Waals surface area contributed by atoms with Crippen molar-refractivity contribution in [1.82, 2.24) is 0 Å². The summed E-state index contributed by atoms with van der Waals surface area (Å²) in [5.74, 6) is 6.98. The van der Waals surface area contributed by atoms with Gasteiger partial charge in [-0.1, -0.05) is 12.0 Å². The zero-order valence-electron chi connectivity index (χ0n) is 16.7. The second-order valence-corrected chi connectivity index (χ2v) is 7.14. The molecule has 1 atom stereocenters. The Labute approximate surface area is 175 Å². The Balaban J connectivity index is 1.39. The van der Waals surface area contributed by atoms with Crippen LogP contribution in [0.4, 0.5) is 11.4 Å². The maximum atomic E-state index is 12.5. The van der Waals surface area contributed by atoms with Crippen LogP contribution in [0.1, 0.15) is 28.3 Å². The van der Waals surface area contributed by atoms with E-state index in [9.17, 15) is 4.79 Å². The summed E-state index contributed by atoms with van der Waals surface area (Å²) in [6.07, 6.45) is 1.00. The van der Waals surface area contributed by atoms with Gasteiger partial charge in [-0.15, -0.1) is 0 Å². The van der Waals surface area contributed by atoms with E-state index in [1.54, 1.807) is 19.2 Å². The monoisotopic (exact) mass is 401 g/mol. The van der Waals surface area contributed by atoms with Gasteiger partial charge in [-0.05, 0) is 66.9 Å². The number of methoxy groups -OCH3 is 1. The largest absolute Gasteiger partial charge is 0.497 e. The van der Waals surface area contributed by atoms with Gasteiger partial charge in [0.1, 0.15) is 5.75 Å². The summed E-state index contributed by atoms with van der Waals surface area (Å²) < 4.78 is 10.8. The van der Waals surface area contributed by atoms with Crippen LogP contribution in [0, 0.1) is 11.8 Å².